The van der Waals surface area contributed by atoms with E-state index in [1.807, 2.05) is 18.2 Å². The van der Waals surface area contributed by atoms with Crippen LogP contribution >= 0.6 is 0 Å². The molecule has 1 aromatic heterocycles. The van der Waals surface area contributed by atoms with Gasteiger partial charge in [-0.2, -0.15) is 5.26 Å². The minimum absolute atomic E-state index is 0.173. The Bertz CT molecular complexity index is 1400. The summed E-state index contributed by atoms with van der Waals surface area (Å²) in [5.74, 6) is 0.173. The SMILES string of the molecule is C[C@@H]1CN(c2ccc(C#N)c3ncccc23)C[C@@H]2c3ccc(C(=O)N4CC5CCC(C4)N5)cc3CN12. The first-order chi connectivity index (χ1) is 17.6. The average Bonchev–Trinajstić information content (AvgIpc) is 3.45. The van der Waals surface area contributed by atoms with E-state index in [4.69, 9.17) is 0 Å². The van der Waals surface area contributed by atoms with E-state index in [9.17, 15) is 10.1 Å². The predicted octanol–water partition coefficient (Wildman–Crippen LogP) is 3.45. The molecule has 4 atom stereocenters. The van der Waals surface area contributed by atoms with E-state index in [0.29, 0.717) is 23.7 Å². The Hall–Kier alpha value is -3.47. The number of rotatable bonds is 2. The molecule has 3 aromatic rings. The van der Waals surface area contributed by atoms with E-state index in [0.717, 1.165) is 54.9 Å². The highest BCUT2D eigenvalue weighted by Gasteiger charge is 2.40. The number of piperazine rings is 2. The topological polar surface area (TPSA) is 75.5 Å². The number of nitriles is 1. The molecule has 1 N–H and O–H groups in total. The quantitative estimate of drug-likeness (QED) is 0.608. The summed E-state index contributed by atoms with van der Waals surface area (Å²) in [4.78, 5) is 24.9. The van der Waals surface area contributed by atoms with Gasteiger partial charge < -0.3 is 15.1 Å². The molecule has 4 aliphatic heterocycles. The summed E-state index contributed by atoms with van der Waals surface area (Å²) in [5.41, 5.74) is 5.95. The molecule has 7 rings (SSSR count). The summed E-state index contributed by atoms with van der Waals surface area (Å²) in [6.45, 7) is 6.61. The van der Waals surface area contributed by atoms with E-state index in [1.54, 1.807) is 6.20 Å². The Kier molecular flexibility index (Phi) is 5.02. The van der Waals surface area contributed by atoms with Crippen LogP contribution in [0.15, 0.2) is 48.7 Å². The number of pyridine rings is 1. The van der Waals surface area contributed by atoms with Crippen molar-refractivity contribution in [3.63, 3.8) is 0 Å². The first kappa shape index (κ1) is 21.8. The van der Waals surface area contributed by atoms with Gasteiger partial charge in [0, 0.05) is 73.7 Å². The van der Waals surface area contributed by atoms with Crippen molar-refractivity contribution in [1.29, 1.82) is 5.26 Å². The first-order valence-corrected chi connectivity index (χ1v) is 13.1. The minimum Gasteiger partial charge on any atom is -0.368 e. The van der Waals surface area contributed by atoms with Crippen molar-refractivity contribution in [3.05, 3.63) is 70.9 Å². The number of amides is 1. The molecular weight excluding hydrogens is 448 g/mol. The lowest BCUT2D eigenvalue weighted by Crippen LogP contribution is -2.53. The maximum absolute atomic E-state index is 13.4. The summed E-state index contributed by atoms with van der Waals surface area (Å²) in [7, 11) is 0. The number of fused-ring (bicyclic) bond motifs is 6. The normalized spacial score (nSPS) is 27.1. The highest BCUT2D eigenvalue weighted by molar-refractivity contribution is 5.96. The van der Waals surface area contributed by atoms with Gasteiger partial charge in [-0.3, -0.25) is 14.7 Å². The number of anilines is 1. The zero-order valence-electron chi connectivity index (χ0n) is 20.5. The Morgan fingerprint density at radius 1 is 1.08 bits per heavy atom. The standard InChI is InChI=1S/C29H30N6O/c1-18-13-33(26-9-5-20(12-30)28-25(26)3-2-10-31-28)17-27-24-8-4-19(11-21(24)14-35(18)27)29(36)34-15-22-6-7-23(16-34)32-22/h2-5,8-11,18,22-23,27,32H,6-7,13-17H2,1H3/t18-,22?,23?,27-/m1/s1. The Morgan fingerprint density at radius 3 is 2.72 bits per heavy atom. The molecule has 0 saturated carbocycles. The summed E-state index contributed by atoms with van der Waals surface area (Å²) in [6, 6.07) is 18.2. The minimum atomic E-state index is 0.173. The number of hydrogen-bond acceptors (Lipinski definition) is 6. The second-order valence-electron chi connectivity index (χ2n) is 10.8. The van der Waals surface area contributed by atoms with Crippen LogP contribution in [0.25, 0.3) is 10.9 Å². The molecule has 3 saturated heterocycles. The molecule has 7 heteroatoms. The smallest absolute Gasteiger partial charge is 0.253 e. The number of carbonyl (C=O) groups excluding carboxylic acids is 1. The van der Waals surface area contributed by atoms with Crippen LogP contribution in [-0.2, 0) is 6.54 Å². The van der Waals surface area contributed by atoms with Gasteiger partial charge in [-0.05, 0) is 67.3 Å². The Labute approximate surface area is 211 Å². The third kappa shape index (κ3) is 3.40. The zero-order valence-corrected chi connectivity index (χ0v) is 20.5. The number of carbonyl (C=O) groups is 1. The van der Waals surface area contributed by atoms with Crippen LogP contribution in [0, 0.1) is 11.3 Å². The van der Waals surface area contributed by atoms with Gasteiger partial charge in [0.05, 0.1) is 17.1 Å². The number of nitrogens with zero attached hydrogens (tertiary/aromatic N) is 5. The molecule has 0 spiro atoms. The summed E-state index contributed by atoms with van der Waals surface area (Å²) < 4.78 is 0. The van der Waals surface area contributed by atoms with E-state index >= 15 is 0 Å². The van der Waals surface area contributed by atoms with Gasteiger partial charge in [0.2, 0.25) is 0 Å². The number of aromatic nitrogens is 1. The van der Waals surface area contributed by atoms with Crippen LogP contribution in [0.3, 0.4) is 0 Å². The van der Waals surface area contributed by atoms with Crippen LogP contribution in [-0.4, -0.2) is 65.0 Å². The summed E-state index contributed by atoms with van der Waals surface area (Å²) in [6.07, 6.45) is 4.10. The van der Waals surface area contributed by atoms with Crippen molar-refractivity contribution in [2.24, 2.45) is 0 Å². The van der Waals surface area contributed by atoms with E-state index in [2.05, 4.69) is 62.3 Å². The fraction of sp³-hybridized carbons (Fsp3) is 0.414. The molecule has 2 unspecified atom stereocenters. The number of hydrogen-bond donors (Lipinski definition) is 1. The van der Waals surface area contributed by atoms with Crippen molar-refractivity contribution in [2.75, 3.05) is 31.1 Å². The molecule has 3 fully saturated rings. The van der Waals surface area contributed by atoms with Crippen LogP contribution in [0.4, 0.5) is 5.69 Å². The lowest BCUT2D eigenvalue weighted by Gasteiger charge is -2.43. The number of nitrogens with one attached hydrogen (secondary N) is 1. The Morgan fingerprint density at radius 2 is 1.92 bits per heavy atom. The monoisotopic (exact) mass is 478 g/mol. The molecule has 0 aliphatic carbocycles. The molecule has 36 heavy (non-hydrogen) atoms. The molecule has 182 valence electrons. The highest BCUT2D eigenvalue weighted by atomic mass is 16.2. The maximum atomic E-state index is 13.4. The first-order valence-electron chi connectivity index (χ1n) is 13.1. The van der Waals surface area contributed by atoms with Crippen molar-refractivity contribution in [1.82, 2.24) is 20.1 Å². The van der Waals surface area contributed by atoms with Gasteiger partial charge in [-0.1, -0.05) is 6.07 Å². The molecule has 4 aliphatic rings. The van der Waals surface area contributed by atoms with Crippen LogP contribution in [0.1, 0.15) is 52.9 Å². The molecule has 2 bridgehead atoms. The van der Waals surface area contributed by atoms with E-state index < -0.39 is 0 Å². The lowest BCUT2D eigenvalue weighted by atomic mass is 9.98. The zero-order chi connectivity index (χ0) is 24.4. The van der Waals surface area contributed by atoms with Crippen LogP contribution in [0.5, 0.6) is 0 Å². The van der Waals surface area contributed by atoms with Crippen molar-refractivity contribution in [3.8, 4) is 6.07 Å². The lowest BCUT2D eigenvalue weighted by molar-refractivity contribution is 0.0697. The number of benzene rings is 2. The van der Waals surface area contributed by atoms with Crippen molar-refractivity contribution < 1.29 is 4.79 Å². The average molecular weight is 479 g/mol. The summed E-state index contributed by atoms with van der Waals surface area (Å²) in [5, 5.41) is 14.2. The van der Waals surface area contributed by atoms with Gasteiger partial charge in [0.1, 0.15) is 6.07 Å². The van der Waals surface area contributed by atoms with Crippen LogP contribution < -0.4 is 10.2 Å². The van der Waals surface area contributed by atoms with Gasteiger partial charge >= 0.3 is 0 Å². The molecule has 5 heterocycles. The van der Waals surface area contributed by atoms with Crippen LogP contribution in [0.2, 0.25) is 0 Å². The third-order valence-electron chi connectivity index (χ3n) is 8.66. The highest BCUT2D eigenvalue weighted by Crippen LogP contribution is 2.41. The third-order valence-corrected chi connectivity index (χ3v) is 8.66. The van der Waals surface area contributed by atoms with E-state index in [-0.39, 0.29) is 11.9 Å². The Balaban J connectivity index is 1.17. The molecule has 7 nitrogen and oxygen atoms in total. The van der Waals surface area contributed by atoms with E-state index in [1.165, 1.54) is 24.0 Å². The van der Waals surface area contributed by atoms with Gasteiger partial charge in [0.25, 0.3) is 5.91 Å². The molecule has 0 radical (unpaired) electrons. The predicted molar refractivity (Wildman–Crippen MR) is 139 cm³/mol. The summed E-state index contributed by atoms with van der Waals surface area (Å²) >= 11 is 0. The molecule has 1 amide bonds. The molecule has 2 aromatic carbocycles. The maximum Gasteiger partial charge on any atom is 0.253 e. The van der Waals surface area contributed by atoms with Crippen molar-refractivity contribution >= 4 is 22.5 Å². The molecular formula is C29H30N6O. The van der Waals surface area contributed by atoms with Gasteiger partial charge in [-0.25, -0.2) is 0 Å². The van der Waals surface area contributed by atoms with Gasteiger partial charge in [0.15, 0.2) is 0 Å². The van der Waals surface area contributed by atoms with Gasteiger partial charge in [-0.15, -0.1) is 0 Å². The fourth-order valence-corrected chi connectivity index (χ4v) is 6.93. The second kappa shape index (κ2) is 8.29. The number of likely N-dealkylation sites (tertiary alicyclic amines) is 1. The largest absolute Gasteiger partial charge is 0.368 e. The second-order valence-corrected chi connectivity index (χ2v) is 10.8. The fourth-order valence-electron chi connectivity index (χ4n) is 6.93. The van der Waals surface area contributed by atoms with Crippen molar-refractivity contribution in [2.45, 2.75) is 50.5 Å².